The largest absolute Gasteiger partial charge is 0.496 e. The summed E-state index contributed by atoms with van der Waals surface area (Å²) in [5.41, 5.74) is 1.82. The van der Waals surface area contributed by atoms with Crippen LogP contribution in [0.2, 0.25) is 0 Å². The molecule has 0 heterocycles. The first-order chi connectivity index (χ1) is 12.0. The van der Waals surface area contributed by atoms with Gasteiger partial charge in [0.25, 0.3) is 0 Å². The minimum atomic E-state index is -0.504. The van der Waals surface area contributed by atoms with Crippen molar-refractivity contribution in [2.24, 2.45) is 0 Å². The van der Waals surface area contributed by atoms with Crippen LogP contribution in [0.5, 0.6) is 5.75 Å². The second-order valence-corrected chi connectivity index (χ2v) is 5.43. The molecule has 0 fully saturated rings. The van der Waals surface area contributed by atoms with Crippen LogP contribution < -0.4 is 10.1 Å². The van der Waals surface area contributed by atoms with Gasteiger partial charge in [0, 0.05) is 13.0 Å². The molecule has 25 heavy (non-hydrogen) atoms. The van der Waals surface area contributed by atoms with Gasteiger partial charge in [0.1, 0.15) is 17.1 Å². The molecule has 1 N–H and O–H groups in total. The quantitative estimate of drug-likeness (QED) is 0.784. The molecule has 2 rings (SSSR count). The molecule has 132 valence electrons. The molecule has 0 radical (unpaired) electrons. The number of ether oxygens (including phenoxy) is 2. The van der Waals surface area contributed by atoms with E-state index in [1.807, 2.05) is 0 Å². The summed E-state index contributed by atoms with van der Waals surface area (Å²) in [6.07, 6.45) is 0.711. The third kappa shape index (κ3) is 5.31. The monoisotopic (exact) mass is 345 g/mol. The lowest BCUT2D eigenvalue weighted by atomic mass is 10.1. The molecule has 0 aliphatic carbocycles. The van der Waals surface area contributed by atoms with E-state index in [1.165, 1.54) is 26.4 Å². The lowest BCUT2D eigenvalue weighted by Crippen LogP contribution is -2.23. The standard InChI is InChI=1S/C19H20FNO4/c1-24-17-8-6-14(11-16(17)19(23)25-2)12-21-18(22)9-7-13-4-3-5-15(20)10-13/h3-6,8,10-11H,7,9,12H2,1-2H3,(H,21,22). The number of rotatable bonds is 7. The van der Waals surface area contributed by atoms with Gasteiger partial charge in [-0.2, -0.15) is 0 Å². The van der Waals surface area contributed by atoms with Crippen molar-refractivity contribution < 1.29 is 23.5 Å². The first kappa shape index (κ1) is 18.4. The fourth-order valence-electron chi connectivity index (χ4n) is 2.37. The maximum absolute atomic E-state index is 13.1. The molecule has 0 unspecified atom stereocenters. The van der Waals surface area contributed by atoms with Crippen LogP contribution in [0, 0.1) is 5.82 Å². The SMILES string of the molecule is COC(=O)c1cc(CNC(=O)CCc2cccc(F)c2)ccc1OC. The Labute approximate surface area is 145 Å². The fourth-order valence-corrected chi connectivity index (χ4v) is 2.37. The Morgan fingerprint density at radius 2 is 1.88 bits per heavy atom. The number of methoxy groups -OCH3 is 2. The van der Waals surface area contributed by atoms with Crippen LogP contribution in [-0.2, 0) is 22.5 Å². The highest BCUT2D eigenvalue weighted by molar-refractivity contribution is 5.92. The highest BCUT2D eigenvalue weighted by Crippen LogP contribution is 2.20. The third-order valence-electron chi connectivity index (χ3n) is 3.69. The maximum atomic E-state index is 13.1. The van der Waals surface area contributed by atoms with Gasteiger partial charge in [-0.25, -0.2) is 9.18 Å². The summed E-state index contributed by atoms with van der Waals surface area (Å²) in [5.74, 6) is -0.560. The molecule has 0 aromatic heterocycles. The first-order valence-electron chi connectivity index (χ1n) is 7.80. The van der Waals surface area contributed by atoms with Gasteiger partial charge >= 0.3 is 5.97 Å². The van der Waals surface area contributed by atoms with Crippen LogP contribution in [0.15, 0.2) is 42.5 Å². The van der Waals surface area contributed by atoms with Gasteiger partial charge in [-0.1, -0.05) is 18.2 Å². The number of benzene rings is 2. The van der Waals surface area contributed by atoms with E-state index in [4.69, 9.17) is 9.47 Å². The number of halogens is 1. The number of hydrogen-bond donors (Lipinski definition) is 1. The van der Waals surface area contributed by atoms with Crippen molar-refractivity contribution in [3.8, 4) is 5.75 Å². The number of esters is 1. The molecule has 6 heteroatoms. The minimum absolute atomic E-state index is 0.153. The molecule has 0 saturated carbocycles. The van der Waals surface area contributed by atoms with Gasteiger partial charge in [0.2, 0.25) is 5.91 Å². The van der Waals surface area contributed by atoms with Crippen molar-refractivity contribution in [1.82, 2.24) is 5.32 Å². The highest BCUT2D eigenvalue weighted by atomic mass is 19.1. The smallest absolute Gasteiger partial charge is 0.341 e. The Hall–Kier alpha value is -2.89. The number of amides is 1. The number of nitrogens with one attached hydrogen (secondary N) is 1. The molecule has 5 nitrogen and oxygen atoms in total. The number of carbonyl (C=O) groups is 2. The van der Waals surface area contributed by atoms with Crippen LogP contribution in [-0.4, -0.2) is 26.1 Å². The molecular formula is C19H20FNO4. The van der Waals surface area contributed by atoms with Crippen LogP contribution in [0.1, 0.15) is 27.9 Å². The van der Waals surface area contributed by atoms with Gasteiger partial charge in [0.05, 0.1) is 14.2 Å². The molecule has 2 aromatic carbocycles. The predicted molar refractivity (Wildman–Crippen MR) is 90.9 cm³/mol. The average molecular weight is 345 g/mol. The topological polar surface area (TPSA) is 64.6 Å². The van der Waals surface area contributed by atoms with Crippen LogP contribution in [0.4, 0.5) is 4.39 Å². The molecule has 0 spiro atoms. The molecule has 0 atom stereocenters. The van der Waals surface area contributed by atoms with Crippen molar-refractivity contribution in [1.29, 1.82) is 0 Å². The summed E-state index contributed by atoms with van der Waals surface area (Å²) < 4.78 is 23.0. The number of carbonyl (C=O) groups excluding carboxylic acids is 2. The third-order valence-corrected chi connectivity index (χ3v) is 3.69. The van der Waals surface area contributed by atoms with E-state index in [2.05, 4.69) is 5.32 Å². The Kier molecular flexibility index (Phi) is 6.51. The molecule has 1 amide bonds. The van der Waals surface area contributed by atoms with E-state index in [1.54, 1.807) is 30.3 Å². The second kappa shape index (κ2) is 8.82. The lowest BCUT2D eigenvalue weighted by Gasteiger charge is -2.10. The predicted octanol–water partition coefficient (Wildman–Crippen LogP) is 2.87. The zero-order valence-corrected chi connectivity index (χ0v) is 14.2. The van der Waals surface area contributed by atoms with Gasteiger partial charge in [-0.3, -0.25) is 4.79 Å². The Balaban J connectivity index is 1.92. The Morgan fingerprint density at radius 3 is 2.56 bits per heavy atom. The zero-order valence-electron chi connectivity index (χ0n) is 14.2. The summed E-state index contributed by atoms with van der Waals surface area (Å²) in [5, 5.41) is 2.78. The van der Waals surface area contributed by atoms with E-state index < -0.39 is 5.97 Å². The summed E-state index contributed by atoms with van der Waals surface area (Å²) in [6, 6.07) is 11.2. The normalized spacial score (nSPS) is 10.2. The van der Waals surface area contributed by atoms with Crippen molar-refractivity contribution in [3.63, 3.8) is 0 Å². The molecule has 0 saturated heterocycles. The van der Waals surface area contributed by atoms with Crippen molar-refractivity contribution in [2.75, 3.05) is 14.2 Å². The van der Waals surface area contributed by atoms with Gasteiger partial charge in [-0.15, -0.1) is 0 Å². The van der Waals surface area contributed by atoms with Gasteiger partial charge in [0.15, 0.2) is 0 Å². The second-order valence-electron chi connectivity index (χ2n) is 5.43. The molecule has 0 bridgehead atoms. The van der Waals surface area contributed by atoms with E-state index >= 15 is 0 Å². The first-order valence-corrected chi connectivity index (χ1v) is 7.80. The van der Waals surface area contributed by atoms with E-state index in [9.17, 15) is 14.0 Å². The van der Waals surface area contributed by atoms with Crippen molar-refractivity contribution in [3.05, 3.63) is 65.0 Å². The van der Waals surface area contributed by atoms with Crippen LogP contribution in [0.3, 0.4) is 0 Å². The van der Waals surface area contributed by atoms with Crippen molar-refractivity contribution >= 4 is 11.9 Å². The van der Waals surface area contributed by atoms with Gasteiger partial charge in [-0.05, 0) is 41.8 Å². The summed E-state index contributed by atoms with van der Waals surface area (Å²) in [7, 11) is 2.76. The Bertz CT molecular complexity index is 761. The van der Waals surface area contributed by atoms with E-state index in [-0.39, 0.29) is 24.7 Å². The zero-order chi connectivity index (χ0) is 18.2. The molecular weight excluding hydrogens is 325 g/mol. The highest BCUT2D eigenvalue weighted by Gasteiger charge is 2.13. The minimum Gasteiger partial charge on any atom is -0.496 e. The Morgan fingerprint density at radius 1 is 1.08 bits per heavy atom. The fraction of sp³-hybridized carbons (Fsp3) is 0.263. The van der Waals surface area contributed by atoms with E-state index in [0.717, 1.165) is 11.1 Å². The molecule has 0 aliphatic rings. The van der Waals surface area contributed by atoms with Crippen LogP contribution in [0.25, 0.3) is 0 Å². The molecule has 2 aromatic rings. The van der Waals surface area contributed by atoms with Crippen molar-refractivity contribution in [2.45, 2.75) is 19.4 Å². The lowest BCUT2D eigenvalue weighted by molar-refractivity contribution is -0.121. The number of aryl methyl sites for hydroxylation is 1. The van der Waals surface area contributed by atoms with E-state index in [0.29, 0.717) is 17.7 Å². The van der Waals surface area contributed by atoms with Crippen LogP contribution >= 0.6 is 0 Å². The average Bonchev–Trinajstić information content (AvgIpc) is 2.63. The van der Waals surface area contributed by atoms with Gasteiger partial charge < -0.3 is 14.8 Å². The maximum Gasteiger partial charge on any atom is 0.341 e. The molecule has 0 aliphatic heterocycles. The summed E-state index contributed by atoms with van der Waals surface area (Å²) in [6.45, 7) is 0.274. The summed E-state index contributed by atoms with van der Waals surface area (Å²) in [4.78, 5) is 23.7. The summed E-state index contributed by atoms with van der Waals surface area (Å²) >= 11 is 0. The number of hydrogen-bond acceptors (Lipinski definition) is 4.